The molecule has 0 fully saturated rings. The first kappa shape index (κ1) is 27.6. The molecule has 1 unspecified atom stereocenters. The monoisotopic (exact) mass is 625 g/mol. The topological polar surface area (TPSA) is 29.3 Å². The van der Waals surface area contributed by atoms with Gasteiger partial charge in [0, 0.05) is 27.7 Å². The molecule has 2 heterocycles. The first-order valence-electron chi connectivity index (χ1n) is 16.8. The molecule has 0 radical (unpaired) electrons. The molecule has 0 spiro atoms. The van der Waals surface area contributed by atoms with Gasteiger partial charge in [0.15, 0.2) is 0 Å². The Morgan fingerprint density at radius 1 is 0.469 bits per heavy atom. The van der Waals surface area contributed by atoms with Crippen molar-refractivity contribution in [1.82, 2.24) is 9.88 Å². The summed E-state index contributed by atoms with van der Waals surface area (Å²) in [6.45, 7) is 0. The maximum absolute atomic E-state index is 5.26. The van der Waals surface area contributed by atoms with E-state index in [0.717, 1.165) is 28.2 Å². The quantitative estimate of drug-likeness (QED) is 0.207. The lowest BCUT2D eigenvalue weighted by Crippen LogP contribution is -2.25. The van der Waals surface area contributed by atoms with Crippen molar-refractivity contribution in [3.05, 3.63) is 193 Å². The molecule has 0 saturated carbocycles. The molecule has 0 aliphatic carbocycles. The molecule has 10 rings (SSSR count). The number of nitrogens with zero attached hydrogens (tertiary/aromatic N) is 2. The van der Waals surface area contributed by atoms with Crippen molar-refractivity contribution >= 4 is 65.5 Å². The third kappa shape index (κ3) is 4.47. The van der Waals surface area contributed by atoms with Crippen molar-refractivity contribution in [2.75, 3.05) is 0 Å². The maximum Gasteiger partial charge on any atom is 0.145 e. The average molecular weight is 626 g/mol. The van der Waals surface area contributed by atoms with Crippen LogP contribution in [0.15, 0.2) is 181 Å². The van der Waals surface area contributed by atoms with E-state index in [-0.39, 0.29) is 6.17 Å². The molecule has 1 atom stereocenters. The number of benzene rings is 8. The fourth-order valence-electron chi connectivity index (χ4n) is 7.71. The van der Waals surface area contributed by atoms with E-state index in [1.807, 2.05) is 0 Å². The summed E-state index contributed by atoms with van der Waals surface area (Å²) in [4.78, 5) is 5.26. The summed E-state index contributed by atoms with van der Waals surface area (Å²) in [6.07, 6.45) is 1.95. The van der Waals surface area contributed by atoms with Crippen LogP contribution in [0.25, 0.3) is 65.5 Å². The second-order valence-corrected chi connectivity index (χ2v) is 12.8. The van der Waals surface area contributed by atoms with Crippen LogP contribution in [0.4, 0.5) is 0 Å². The molecule has 230 valence electrons. The van der Waals surface area contributed by atoms with Crippen molar-refractivity contribution in [3.63, 3.8) is 0 Å². The SMILES string of the molecule is C1=C(c2cccc3ccccc23)NC(c2ccc(-n3c4ccc5ccccc5c4c4c5ccccc5ccc43)cc2)N=C1c1ccccc1. The Balaban J connectivity index is 1.12. The summed E-state index contributed by atoms with van der Waals surface area (Å²) in [7, 11) is 0. The summed E-state index contributed by atoms with van der Waals surface area (Å²) in [5, 5.41) is 13.9. The number of allylic oxidation sites excluding steroid dienone is 1. The van der Waals surface area contributed by atoms with Crippen molar-refractivity contribution < 1.29 is 0 Å². The van der Waals surface area contributed by atoms with Gasteiger partial charge in [-0.15, -0.1) is 0 Å². The molecule has 3 heteroatoms. The van der Waals surface area contributed by atoms with E-state index in [2.05, 4.69) is 186 Å². The van der Waals surface area contributed by atoms with E-state index in [4.69, 9.17) is 4.99 Å². The summed E-state index contributed by atoms with van der Waals surface area (Å²) in [6, 6.07) is 61.0. The molecule has 9 aromatic rings. The van der Waals surface area contributed by atoms with Crippen LogP contribution in [0.2, 0.25) is 0 Å². The second-order valence-electron chi connectivity index (χ2n) is 12.8. The van der Waals surface area contributed by atoms with Gasteiger partial charge in [-0.3, -0.25) is 4.99 Å². The molecule has 49 heavy (non-hydrogen) atoms. The molecule has 1 aliphatic rings. The lowest BCUT2D eigenvalue weighted by atomic mass is 9.98. The number of hydrogen-bond donors (Lipinski definition) is 1. The molecular weight excluding hydrogens is 595 g/mol. The smallest absolute Gasteiger partial charge is 0.145 e. The highest BCUT2D eigenvalue weighted by atomic mass is 15.1. The number of aliphatic imine (C=N–C) groups is 1. The highest BCUT2D eigenvalue weighted by Gasteiger charge is 2.22. The zero-order valence-corrected chi connectivity index (χ0v) is 26.7. The van der Waals surface area contributed by atoms with Gasteiger partial charge in [-0.05, 0) is 73.8 Å². The van der Waals surface area contributed by atoms with E-state index in [9.17, 15) is 0 Å². The molecule has 1 aliphatic heterocycles. The Kier molecular flexibility index (Phi) is 6.25. The summed E-state index contributed by atoms with van der Waals surface area (Å²) < 4.78 is 2.42. The predicted octanol–water partition coefficient (Wildman–Crippen LogP) is 11.4. The van der Waals surface area contributed by atoms with Crippen LogP contribution in [-0.4, -0.2) is 10.3 Å². The van der Waals surface area contributed by atoms with Gasteiger partial charge in [0.2, 0.25) is 0 Å². The highest BCUT2D eigenvalue weighted by molar-refractivity contribution is 6.28. The minimum absolute atomic E-state index is 0.241. The number of rotatable bonds is 4. The van der Waals surface area contributed by atoms with Crippen LogP contribution >= 0.6 is 0 Å². The van der Waals surface area contributed by atoms with Crippen LogP contribution in [0.5, 0.6) is 0 Å². The third-order valence-electron chi connectivity index (χ3n) is 10.0. The lowest BCUT2D eigenvalue weighted by Gasteiger charge is -2.26. The molecular formula is C46H31N3. The van der Waals surface area contributed by atoms with Crippen LogP contribution in [0.1, 0.15) is 22.9 Å². The Labute approximate surface area is 284 Å². The average Bonchev–Trinajstić information content (AvgIpc) is 3.53. The first-order chi connectivity index (χ1) is 24.3. The summed E-state index contributed by atoms with van der Waals surface area (Å²) in [5.74, 6) is 0. The minimum atomic E-state index is -0.241. The largest absolute Gasteiger partial charge is 0.359 e. The Morgan fingerprint density at radius 2 is 1.02 bits per heavy atom. The molecule has 1 N–H and O–H groups in total. The zero-order valence-electron chi connectivity index (χ0n) is 26.7. The fraction of sp³-hybridized carbons (Fsp3) is 0.0217. The van der Waals surface area contributed by atoms with Gasteiger partial charge in [-0.25, -0.2) is 0 Å². The molecule has 0 amide bonds. The van der Waals surface area contributed by atoms with Gasteiger partial charge in [0.1, 0.15) is 6.17 Å². The summed E-state index contributed by atoms with van der Waals surface area (Å²) >= 11 is 0. The van der Waals surface area contributed by atoms with Crippen molar-refractivity contribution in [2.45, 2.75) is 6.17 Å². The molecule has 0 bridgehead atoms. The van der Waals surface area contributed by atoms with E-state index < -0.39 is 0 Å². The number of fused-ring (bicyclic) bond motifs is 8. The Hall–Kier alpha value is -6.45. The van der Waals surface area contributed by atoms with E-state index in [1.54, 1.807) is 0 Å². The predicted molar refractivity (Wildman–Crippen MR) is 207 cm³/mol. The van der Waals surface area contributed by atoms with Crippen LogP contribution in [0.3, 0.4) is 0 Å². The maximum atomic E-state index is 5.26. The second kappa shape index (κ2) is 11.1. The first-order valence-corrected chi connectivity index (χ1v) is 16.8. The van der Waals surface area contributed by atoms with E-state index >= 15 is 0 Å². The number of hydrogen-bond acceptors (Lipinski definition) is 2. The van der Waals surface area contributed by atoms with Crippen molar-refractivity contribution in [3.8, 4) is 5.69 Å². The minimum Gasteiger partial charge on any atom is -0.359 e. The van der Waals surface area contributed by atoms with Gasteiger partial charge in [-0.1, -0.05) is 146 Å². The molecule has 1 aromatic heterocycles. The number of aromatic nitrogens is 1. The standard InChI is InChI=1S/C46H31N3/c1-2-14-33(15-3-1)40-29-41(39-20-10-16-30-11-4-7-17-36(30)39)48-46(47-40)34-21-25-35(26-22-34)49-42-27-23-31-12-5-8-18-37(31)44(42)45-38-19-9-6-13-32(38)24-28-43(45)49/h1-29,46,48H. The molecule has 0 saturated heterocycles. The van der Waals surface area contributed by atoms with Crippen molar-refractivity contribution in [1.29, 1.82) is 0 Å². The van der Waals surface area contributed by atoms with Crippen LogP contribution in [-0.2, 0) is 0 Å². The van der Waals surface area contributed by atoms with Crippen LogP contribution < -0.4 is 5.32 Å². The molecule has 8 aromatic carbocycles. The molecule has 3 nitrogen and oxygen atoms in total. The Morgan fingerprint density at radius 3 is 1.67 bits per heavy atom. The van der Waals surface area contributed by atoms with E-state index in [0.29, 0.717) is 0 Å². The zero-order chi connectivity index (χ0) is 32.3. The lowest BCUT2D eigenvalue weighted by molar-refractivity contribution is 0.664. The van der Waals surface area contributed by atoms with Gasteiger partial charge in [0.25, 0.3) is 0 Å². The third-order valence-corrected chi connectivity index (χ3v) is 10.0. The van der Waals surface area contributed by atoms with Crippen molar-refractivity contribution in [2.24, 2.45) is 4.99 Å². The number of nitrogens with one attached hydrogen (secondary N) is 1. The fourth-order valence-corrected chi connectivity index (χ4v) is 7.71. The van der Waals surface area contributed by atoms with Gasteiger partial charge >= 0.3 is 0 Å². The van der Waals surface area contributed by atoms with Gasteiger partial charge in [-0.2, -0.15) is 0 Å². The highest BCUT2D eigenvalue weighted by Crippen LogP contribution is 2.40. The summed E-state index contributed by atoms with van der Waals surface area (Å²) in [5.41, 5.74) is 8.97. The van der Waals surface area contributed by atoms with Gasteiger partial charge < -0.3 is 9.88 Å². The normalized spacial score (nSPS) is 14.7. The van der Waals surface area contributed by atoms with Crippen LogP contribution in [0, 0.1) is 0 Å². The Bertz CT molecular complexity index is 2690. The van der Waals surface area contributed by atoms with Gasteiger partial charge in [0.05, 0.1) is 16.7 Å². The van der Waals surface area contributed by atoms with E-state index in [1.165, 1.54) is 59.7 Å².